The molecule has 116 valence electrons. The minimum Gasteiger partial charge on any atom is -0.439 e. The second-order valence-corrected chi connectivity index (χ2v) is 6.27. The van der Waals surface area contributed by atoms with Gasteiger partial charge in [-0.2, -0.15) is 0 Å². The first-order chi connectivity index (χ1) is 9.94. The van der Waals surface area contributed by atoms with E-state index in [1.807, 2.05) is 18.2 Å². The molecule has 21 heavy (non-hydrogen) atoms. The SMILES string of the molecule is CC(C)CN(CCN(C)C)Cc1nc2cc(N)ccc2o1. The minimum atomic E-state index is 0.618. The Morgan fingerprint density at radius 1 is 1.24 bits per heavy atom. The number of rotatable bonds is 7. The number of aromatic nitrogens is 1. The zero-order valence-corrected chi connectivity index (χ0v) is 13.5. The summed E-state index contributed by atoms with van der Waals surface area (Å²) in [5.41, 5.74) is 8.14. The number of benzene rings is 1. The molecule has 2 rings (SSSR count). The summed E-state index contributed by atoms with van der Waals surface area (Å²) in [5.74, 6) is 1.38. The average molecular weight is 290 g/mol. The molecule has 5 heteroatoms. The molecule has 0 aliphatic carbocycles. The summed E-state index contributed by atoms with van der Waals surface area (Å²) in [7, 11) is 4.19. The first-order valence-electron chi connectivity index (χ1n) is 7.46. The van der Waals surface area contributed by atoms with Gasteiger partial charge in [-0.15, -0.1) is 0 Å². The fraction of sp³-hybridized carbons (Fsp3) is 0.562. The Labute approximate surface area is 126 Å². The van der Waals surface area contributed by atoms with Gasteiger partial charge in [-0.05, 0) is 38.2 Å². The fourth-order valence-electron chi connectivity index (χ4n) is 2.34. The van der Waals surface area contributed by atoms with Gasteiger partial charge in [0.2, 0.25) is 5.89 Å². The number of hydrogen-bond donors (Lipinski definition) is 1. The molecule has 0 aliphatic heterocycles. The van der Waals surface area contributed by atoms with Gasteiger partial charge >= 0.3 is 0 Å². The third-order valence-electron chi connectivity index (χ3n) is 3.30. The molecule has 0 aliphatic rings. The molecule has 1 heterocycles. The molecule has 0 fully saturated rings. The number of likely N-dealkylation sites (N-methyl/N-ethyl adjacent to an activating group) is 1. The van der Waals surface area contributed by atoms with E-state index < -0.39 is 0 Å². The largest absolute Gasteiger partial charge is 0.439 e. The molecule has 2 aromatic rings. The Balaban J connectivity index is 2.09. The molecule has 1 aromatic carbocycles. The average Bonchev–Trinajstić information content (AvgIpc) is 2.76. The number of oxazole rings is 1. The molecule has 0 amide bonds. The van der Waals surface area contributed by atoms with Crippen molar-refractivity contribution in [1.82, 2.24) is 14.8 Å². The van der Waals surface area contributed by atoms with Crippen LogP contribution in [0.3, 0.4) is 0 Å². The maximum Gasteiger partial charge on any atom is 0.209 e. The van der Waals surface area contributed by atoms with E-state index in [1.54, 1.807) is 0 Å². The van der Waals surface area contributed by atoms with E-state index in [0.717, 1.165) is 43.2 Å². The third-order valence-corrected chi connectivity index (χ3v) is 3.30. The van der Waals surface area contributed by atoms with Crippen molar-refractivity contribution in [3.05, 3.63) is 24.1 Å². The summed E-state index contributed by atoms with van der Waals surface area (Å²) in [6, 6.07) is 5.58. The van der Waals surface area contributed by atoms with Gasteiger partial charge in [-0.3, -0.25) is 4.90 Å². The molecule has 0 bridgehead atoms. The summed E-state index contributed by atoms with van der Waals surface area (Å²) in [4.78, 5) is 9.13. The van der Waals surface area contributed by atoms with E-state index in [0.29, 0.717) is 11.6 Å². The molecular formula is C16H26N4O. The molecule has 2 N–H and O–H groups in total. The van der Waals surface area contributed by atoms with Crippen LogP contribution in [0.5, 0.6) is 0 Å². The van der Waals surface area contributed by atoms with Crippen LogP contribution in [0.25, 0.3) is 11.1 Å². The van der Waals surface area contributed by atoms with Crippen molar-refractivity contribution in [2.75, 3.05) is 39.5 Å². The Morgan fingerprint density at radius 3 is 2.67 bits per heavy atom. The van der Waals surface area contributed by atoms with E-state index >= 15 is 0 Å². The molecule has 5 nitrogen and oxygen atoms in total. The molecule has 0 unspecified atom stereocenters. The summed E-state index contributed by atoms with van der Waals surface area (Å²) < 4.78 is 5.82. The number of nitrogens with two attached hydrogens (primary N) is 1. The van der Waals surface area contributed by atoms with Crippen molar-refractivity contribution < 1.29 is 4.42 Å². The highest BCUT2D eigenvalue weighted by Crippen LogP contribution is 2.19. The molecule has 0 radical (unpaired) electrons. The third kappa shape index (κ3) is 4.72. The highest BCUT2D eigenvalue weighted by atomic mass is 16.3. The van der Waals surface area contributed by atoms with Gasteiger partial charge in [0.25, 0.3) is 0 Å². The van der Waals surface area contributed by atoms with Crippen LogP contribution in [-0.2, 0) is 6.54 Å². The molecule has 0 spiro atoms. The standard InChI is InChI=1S/C16H26N4O/c1-12(2)10-20(8-7-19(3)4)11-16-18-14-9-13(17)5-6-15(14)21-16/h5-6,9,12H,7-8,10-11,17H2,1-4H3. The van der Waals surface area contributed by atoms with Gasteiger partial charge in [0, 0.05) is 25.3 Å². The quantitative estimate of drug-likeness (QED) is 0.794. The van der Waals surface area contributed by atoms with Crippen LogP contribution in [0, 0.1) is 5.92 Å². The maximum absolute atomic E-state index is 5.82. The molecule has 0 saturated heterocycles. The van der Waals surface area contributed by atoms with Crippen molar-refractivity contribution in [1.29, 1.82) is 0 Å². The van der Waals surface area contributed by atoms with E-state index in [-0.39, 0.29) is 0 Å². The minimum absolute atomic E-state index is 0.618. The molecule has 1 aromatic heterocycles. The smallest absolute Gasteiger partial charge is 0.209 e. The summed E-state index contributed by atoms with van der Waals surface area (Å²) >= 11 is 0. The van der Waals surface area contributed by atoms with Crippen molar-refractivity contribution in [2.24, 2.45) is 5.92 Å². The van der Waals surface area contributed by atoms with Gasteiger partial charge in [0.15, 0.2) is 5.58 Å². The van der Waals surface area contributed by atoms with Gasteiger partial charge < -0.3 is 15.1 Å². The van der Waals surface area contributed by atoms with Crippen LogP contribution in [0.4, 0.5) is 5.69 Å². The zero-order valence-electron chi connectivity index (χ0n) is 13.5. The highest BCUT2D eigenvalue weighted by molar-refractivity contribution is 5.76. The molecular weight excluding hydrogens is 264 g/mol. The lowest BCUT2D eigenvalue weighted by atomic mass is 10.2. The van der Waals surface area contributed by atoms with E-state index in [1.165, 1.54) is 0 Å². The van der Waals surface area contributed by atoms with Gasteiger partial charge in [0.05, 0.1) is 6.54 Å². The number of nitrogens with zero attached hydrogens (tertiary/aromatic N) is 3. The van der Waals surface area contributed by atoms with Crippen molar-refractivity contribution in [3.63, 3.8) is 0 Å². The maximum atomic E-state index is 5.82. The van der Waals surface area contributed by atoms with E-state index in [9.17, 15) is 0 Å². The lowest BCUT2D eigenvalue weighted by molar-refractivity contribution is 0.196. The van der Waals surface area contributed by atoms with Crippen LogP contribution in [0.15, 0.2) is 22.6 Å². The Bertz CT molecular complexity index is 577. The lowest BCUT2D eigenvalue weighted by Gasteiger charge is -2.24. The number of fused-ring (bicyclic) bond motifs is 1. The van der Waals surface area contributed by atoms with Crippen molar-refractivity contribution >= 4 is 16.8 Å². The second kappa shape index (κ2) is 6.91. The van der Waals surface area contributed by atoms with E-state index in [2.05, 4.69) is 42.7 Å². The van der Waals surface area contributed by atoms with Gasteiger partial charge in [0.1, 0.15) is 5.52 Å². The normalized spacial score (nSPS) is 12.1. The number of anilines is 1. The van der Waals surface area contributed by atoms with Crippen LogP contribution in [-0.4, -0.2) is 48.5 Å². The topological polar surface area (TPSA) is 58.5 Å². The van der Waals surface area contributed by atoms with Crippen LogP contribution >= 0.6 is 0 Å². The zero-order chi connectivity index (χ0) is 15.4. The predicted molar refractivity (Wildman–Crippen MR) is 87.1 cm³/mol. The fourth-order valence-corrected chi connectivity index (χ4v) is 2.34. The summed E-state index contributed by atoms with van der Waals surface area (Å²) in [6.07, 6.45) is 0. The first-order valence-corrected chi connectivity index (χ1v) is 7.46. The lowest BCUT2D eigenvalue weighted by Crippen LogP contribution is -2.34. The summed E-state index contributed by atoms with van der Waals surface area (Å²) in [5, 5.41) is 0. The van der Waals surface area contributed by atoms with Crippen LogP contribution in [0.1, 0.15) is 19.7 Å². The second-order valence-electron chi connectivity index (χ2n) is 6.27. The van der Waals surface area contributed by atoms with Crippen LogP contribution < -0.4 is 5.73 Å². The monoisotopic (exact) mass is 290 g/mol. The molecule has 0 atom stereocenters. The van der Waals surface area contributed by atoms with Gasteiger partial charge in [-0.25, -0.2) is 4.98 Å². The number of hydrogen-bond acceptors (Lipinski definition) is 5. The van der Waals surface area contributed by atoms with Crippen LogP contribution in [0.2, 0.25) is 0 Å². The first kappa shape index (κ1) is 15.8. The summed E-state index contributed by atoms with van der Waals surface area (Å²) in [6.45, 7) is 8.27. The Kier molecular flexibility index (Phi) is 5.20. The molecule has 0 saturated carbocycles. The van der Waals surface area contributed by atoms with Crippen molar-refractivity contribution in [2.45, 2.75) is 20.4 Å². The van der Waals surface area contributed by atoms with Crippen molar-refractivity contribution in [3.8, 4) is 0 Å². The Hall–Kier alpha value is -1.59. The highest BCUT2D eigenvalue weighted by Gasteiger charge is 2.13. The Morgan fingerprint density at radius 2 is 2.00 bits per heavy atom. The van der Waals surface area contributed by atoms with Gasteiger partial charge in [-0.1, -0.05) is 13.8 Å². The van der Waals surface area contributed by atoms with E-state index in [4.69, 9.17) is 10.2 Å². The predicted octanol–water partition coefficient (Wildman–Crippen LogP) is 2.43. The number of nitrogen functional groups attached to an aromatic ring is 1.